The molecule has 0 bridgehead atoms. The number of amides is 1. The molecule has 44 heavy (non-hydrogen) atoms. The first kappa shape index (κ1) is 32.2. The molecule has 1 amide bonds. The number of carbonyl (C=O) groups is 1. The summed E-state index contributed by atoms with van der Waals surface area (Å²) in [5, 5.41) is 24.6. The van der Waals surface area contributed by atoms with E-state index < -0.39 is 6.10 Å². The van der Waals surface area contributed by atoms with Crippen molar-refractivity contribution < 1.29 is 19.7 Å². The Labute approximate surface area is 260 Å². The van der Waals surface area contributed by atoms with Crippen molar-refractivity contribution in [2.75, 3.05) is 59.0 Å². The van der Waals surface area contributed by atoms with Crippen LogP contribution in [-0.2, 0) is 22.4 Å². The number of ether oxygens (including phenoxy) is 1. The number of aliphatic hydroxyl groups is 1. The minimum Gasteiger partial charge on any atom is -0.506 e. The molecule has 5 rings (SSSR count). The average molecular weight is 605 g/mol. The van der Waals surface area contributed by atoms with Crippen LogP contribution >= 0.6 is 0 Å². The molecule has 1 aromatic heterocycles. The number of nitrogens with one attached hydrogen (secondary N) is 2. The number of fused-ring (bicyclic) bond motifs is 2. The van der Waals surface area contributed by atoms with Gasteiger partial charge in [0, 0.05) is 57.3 Å². The second-order valence-corrected chi connectivity index (χ2v) is 12.4. The molecule has 1 aliphatic heterocycles. The highest BCUT2D eigenvalue weighted by atomic mass is 16.5. The molecule has 3 aromatic rings. The van der Waals surface area contributed by atoms with Crippen LogP contribution in [0.4, 0.5) is 0 Å². The quantitative estimate of drug-likeness (QED) is 0.185. The molecule has 3 atom stereocenters. The fourth-order valence-electron chi connectivity index (χ4n) is 6.92. The number of phenolic OH excluding ortho intramolecular Hbond substituents is 1. The van der Waals surface area contributed by atoms with Gasteiger partial charge < -0.3 is 35.1 Å². The average Bonchev–Trinajstić information content (AvgIpc) is 3.63. The molecule has 238 valence electrons. The van der Waals surface area contributed by atoms with Crippen molar-refractivity contribution in [3.8, 4) is 5.75 Å². The lowest BCUT2D eigenvalue weighted by atomic mass is 10.0. The molecule has 2 unspecified atom stereocenters. The van der Waals surface area contributed by atoms with Gasteiger partial charge in [-0.15, -0.1) is 0 Å². The summed E-state index contributed by atoms with van der Waals surface area (Å²) < 4.78 is 5.84. The van der Waals surface area contributed by atoms with Gasteiger partial charge in [0.1, 0.15) is 5.75 Å². The van der Waals surface area contributed by atoms with Gasteiger partial charge in [0.2, 0.25) is 11.5 Å². The number of likely N-dealkylation sites (tertiary alicyclic amines) is 1. The Balaban J connectivity index is 0.962. The molecular formula is C35H48N4O5. The van der Waals surface area contributed by atoms with Crippen LogP contribution in [0.3, 0.4) is 0 Å². The number of aromatic amines is 1. The zero-order chi connectivity index (χ0) is 30.9. The summed E-state index contributed by atoms with van der Waals surface area (Å²) in [5.41, 5.74) is 3.27. The minimum absolute atomic E-state index is 0.0401. The number of aromatic nitrogens is 1. The van der Waals surface area contributed by atoms with E-state index in [4.69, 9.17) is 4.74 Å². The largest absolute Gasteiger partial charge is 0.506 e. The third-order valence-electron chi connectivity index (χ3n) is 9.40. The van der Waals surface area contributed by atoms with Crippen LogP contribution in [0.25, 0.3) is 10.9 Å². The van der Waals surface area contributed by atoms with Crippen LogP contribution in [0.1, 0.15) is 55.4 Å². The van der Waals surface area contributed by atoms with Gasteiger partial charge >= 0.3 is 0 Å². The van der Waals surface area contributed by atoms with Crippen LogP contribution in [0.5, 0.6) is 5.75 Å². The third-order valence-corrected chi connectivity index (χ3v) is 9.40. The molecule has 1 saturated carbocycles. The van der Waals surface area contributed by atoms with Crippen LogP contribution in [-0.4, -0.2) is 89.9 Å². The highest BCUT2D eigenvalue weighted by Crippen LogP contribution is 2.37. The molecular weight excluding hydrogens is 556 g/mol. The zero-order valence-electron chi connectivity index (χ0n) is 26.0. The predicted octanol–water partition coefficient (Wildman–Crippen LogP) is 3.63. The van der Waals surface area contributed by atoms with E-state index in [1.165, 1.54) is 55.6 Å². The Morgan fingerprint density at radius 1 is 1.09 bits per heavy atom. The van der Waals surface area contributed by atoms with Crippen molar-refractivity contribution in [1.29, 1.82) is 0 Å². The van der Waals surface area contributed by atoms with Crippen molar-refractivity contribution in [1.82, 2.24) is 20.1 Å². The Morgan fingerprint density at radius 2 is 1.86 bits per heavy atom. The first-order chi connectivity index (χ1) is 21.4. The summed E-state index contributed by atoms with van der Waals surface area (Å²) in [4.78, 5) is 31.5. The highest BCUT2D eigenvalue weighted by molar-refractivity contribution is 5.87. The lowest BCUT2D eigenvalue weighted by Crippen LogP contribution is -2.38. The standard InChI is InChI=1S/C35H48N4O5/c1-2-39(18-16-36-22-32(41)29-9-11-31(40)35-30(29)10-12-33(42)37-35)34(43)15-20-44-19-14-26-6-3-5-25(21-26)13-17-38-23-27-7-4-8-28(27)24-38/h3,5-6,9-12,21,27-28,32,36,40-41H,2,4,7-8,13-20,22-24H2,1H3,(H,37,42)/t27?,28?,32-/m0/s1. The lowest BCUT2D eigenvalue weighted by Gasteiger charge is -2.22. The topological polar surface area (TPSA) is 118 Å². The summed E-state index contributed by atoms with van der Waals surface area (Å²) in [6.45, 7) is 8.60. The number of carbonyl (C=O) groups excluding carboxylic acids is 1. The zero-order valence-corrected chi connectivity index (χ0v) is 26.0. The van der Waals surface area contributed by atoms with Gasteiger partial charge in [-0.2, -0.15) is 0 Å². The minimum atomic E-state index is -0.839. The Morgan fingerprint density at radius 3 is 2.64 bits per heavy atom. The maximum Gasteiger partial charge on any atom is 0.248 e. The van der Waals surface area contributed by atoms with Gasteiger partial charge in [-0.1, -0.05) is 36.8 Å². The molecule has 2 aromatic carbocycles. The van der Waals surface area contributed by atoms with E-state index in [-0.39, 0.29) is 23.8 Å². The number of pyridine rings is 1. The second kappa shape index (κ2) is 15.7. The van der Waals surface area contributed by atoms with E-state index in [2.05, 4.69) is 39.5 Å². The summed E-state index contributed by atoms with van der Waals surface area (Å²) in [7, 11) is 0. The van der Waals surface area contributed by atoms with Gasteiger partial charge in [-0.25, -0.2) is 0 Å². The highest BCUT2D eigenvalue weighted by Gasteiger charge is 2.35. The van der Waals surface area contributed by atoms with Crippen LogP contribution in [0.2, 0.25) is 0 Å². The number of H-pyrrole nitrogens is 1. The number of aliphatic hydroxyl groups excluding tert-OH is 1. The molecule has 0 spiro atoms. The number of rotatable bonds is 16. The number of hydrogen-bond acceptors (Lipinski definition) is 7. The first-order valence-corrected chi connectivity index (χ1v) is 16.3. The van der Waals surface area contributed by atoms with Crippen molar-refractivity contribution in [3.05, 3.63) is 75.6 Å². The van der Waals surface area contributed by atoms with Crippen LogP contribution < -0.4 is 10.9 Å². The molecule has 2 aliphatic rings. The van der Waals surface area contributed by atoms with E-state index in [1.54, 1.807) is 17.0 Å². The predicted molar refractivity (Wildman–Crippen MR) is 173 cm³/mol. The van der Waals surface area contributed by atoms with Crippen molar-refractivity contribution >= 4 is 16.8 Å². The normalized spacial score (nSPS) is 19.0. The molecule has 9 heteroatoms. The SMILES string of the molecule is CCN(CCNC[C@H](O)c1ccc(O)c2[nH]c(=O)ccc12)C(=O)CCOCCc1cccc(CCN2CC3CCCC3C2)c1. The van der Waals surface area contributed by atoms with Gasteiger partial charge in [0.05, 0.1) is 31.3 Å². The Kier molecular flexibility index (Phi) is 11.4. The Hall–Kier alpha value is -3.24. The van der Waals surface area contributed by atoms with Gasteiger partial charge in [-0.05, 0) is 73.3 Å². The molecule has 2 fully saturated rings. The number of hydrogen-bond donors (Lipinski definition) is 4. The van der Waals surface area contributed by atoms with Crippen LogP contribution in [0.15, 0.2) is 53.3 Å². The first-order valence-electron chi connectivity index (χ1n) is 16.3. The molecule has 2 heterocycles. The van der Waals surface area contributed by atoms with Gasteiger partial charge in [0.15, 0.2) is 0 Å². The van der Waals surface area contributed by atoms with E-state index in [0.717, 1.165) is 31.2 Å². The number of benzene rings is 2. The summed E-state index contributed by atoms with van der Waals surface area (Å²) in [5.74, 6) is 1.90. The van der Waals surface area contributed by atoms with E-state index in [0.29, 0.717) is 55.7 Å². The third kappa shape index (κ3) is 8.47. The molecule has 1 aliphatic carbocycles. The fraction of sp³-hybridized carbons (Fsp3) is 0.543. The maximum atomic E-state index is 12.8. The number of likely N-dealkylation sites (N-methyl/N-ethyl adjacent to an activating group) is 1. The van der Waals surface area contributed by atoms with Crippen LogP contribution in [0, 0.1) is 11.8 Å². The summed E-state index contributed by atoms with van der Waals surface area (Å²) in [6.07, 6.45) is 5.71. The second-order valence-electron chi connectivity index (χ2n) is 12.4. The molecule has 1 saturated heterocycles. The number of nitrogens with zero attached hydrogens (tertiary/aromatic N) is 2. The number of aromatic hydroxyl groups is 1. The van der Waals surface area contributed by atoms with Crippen molar-refractivity contribution in [3.63, 3.8) is 0 Å². The smallest absolute Gasteiger partial charge is 0.248 e. The van der Waals surface area contributed by atoms with Gasteiger partial charge in [0.25, 0.3) is 0 Å². The van der Waals surface area contributed by atoms with Gasteiger partial charge in [-0.3, -0.25) is 9.59 Å². The maximum absolute atomic E-state index is 12.8. The molecule has 4 N–H and O–H groups in total. The van der Waals surface area contributed by atoms with E-state index >= 15 is 0 Å². The van der Waals surface area contributed by atoms with Crippen molar-refractivity contribution in [2.24, 2.45) is 11.8 Å². The monoisotopic (exact) mass is 604 g/mol. The molecule has 0 radical (unpaired) electrons. The Bertz CT molecular complexity index is 1430. The number of phenols is 1. The fourth-order valence-corrected chi connectivity index (χ4v) is 6.92. The van der Waals surface area contributed by atoms with Crippen molar-refractivity contribution in [2.45, 2.75) is 51.6 Å². The lowest BCUT2D eigenvalue weighted by molar-refractivity contribution is -0.132. The van der Waals surface area contributed by atoms with E-state index in [9.17, 15) is 19.8 Å². The van der Waals surface area contributed by atoms with E-state index in [1.807, 2.05) is 6.92 Å². The summed E-state index contributed by atoms with van der Waals surface area (Å²) >= 11 is 0. The summed E-state index contributed by atoms with van der Waals surface area (Å²) in [6, 6.07) is 14.9. The molecule has 9 nitrogen and oxygen atoms in total.